The number of imidazole rings is 1. The number of benzene rings is 1. The molecule has 2 rings (SSSR count). The average Bonchev–Trinajstić information content (AvgIpc) is 3.60. The number of aromatic nitrogens is 2. The highest BCUT2D eigenvalue weighted by Crippen LogP contribution is 2.22. The molecule has 0 aliphatic heterocycles. The second kappa shape index (κ2) is 34.5. The van der Waals surface area contributed by atoms with Gasteiger partial charge in [0.15, 0.2) is 0 Å². The molecule has 0 fully saturated rings. The van der Waals surface area contributed by atoms with E-state index in [2.05, 4.69) is 29.5 Å². The summed E-state index contributed by atoms with van der Waals surface area (Å²) < 4.78 is 0. The van der Waals surface area contributed by atoms with E-state index in [-0.39, 0.29) is 11.8 Å². The molecule has 0 saturated carbocycles. The van der Waals surface area contributed by atoms with E-state index in [4.69, 9.17) is 17.2 Å². The lowest BCUT2D eigenvalue weighted by atomic mass is 10.0. The van der Waals surface area contributed by atoms with Crippen molar-refractivity contribution in [1.29, 1.82) is 0 Å². The number of carbonyl (C=O) groups is 1. The molecular weight excluding hydrogens is 669 g/mol. The summed E-state index contributed by atoms with van der Waals surface area (Å²) in [5, 5.41) is 6.68. The van der Waals surface area contributed by atoms with E-state index < -0.39 is 0 Å². The first-order valence-corrected chi connectivity index (χ1v) is 23.6. The summed E-state index contributed by atoms with van der Waals surface area (Å²) in [7, 11) is 0. The number of hydrogen-bond acceptors (Lipinski definition) is 3. The van der Waals surface area contributed by atoms with Crippen molar-refractivity contribution < 1.29 is 4.79 Å². The first kappa shape index (κ1) is 47.2. The Balaban J connectivity index is 1.53. The third kappa shape index (κ3) is 25.7. The highest BCUT2D eigenvalue weighted by molar-refractivity contribution is 7.80. The predicted octanol–water partition coefficient (Wildman–Crippen LogP) is 14.6. The van der Waals surface area contributed by atoms with Crippen molar-refractivity contribution >= 4 is 34.1 Å². The number of carbonyl (C=O) groups excluding carboxylic acids is 1. The second-order valence-electron chi connectivity index (χ2n) is 16.1. The van der Waals surface area contributed by atoms with Gasteiger partial charge in [0.05, 0.1) is 21.9 Å². The van der Waals surface area contributed by atoms with Gasteiger partial charge in [-0.15, -0.1) is 0 Å². The molecule has 304 valence electrons. The Morgan fingerprint density at radius 2 is 0.906 bits per heavy atom. The summed E-state index contributed by atoms with van der Waals surface area (Å²) in [6, 6.07) is 8.06. The van der Waals surface area contributed by atoms with Crippen molar-refractivity contribution in [3.8, 4) is 0 Å². The van der Waals surface area contributed by atoms with E-state index in [0.29, 0.717) is 6.42 Å². The van der Waals surface area contributed by atoms with Gasteiger partial charge in [-0.25, -0.2) is 4.98 Å². The van der Waals surface area contributed by atoms with E-state index in [1.807, 2.05) is 24.3 Å². The summed E-state index contributed by atoms with van der Waals surface area (Å²) in [6.45, 7) is 6.18. The quantitative estimate of drug-likeness (QED) is 0.0472. The fourth-order valence-corrected chi connectivity index (χ4v) is 7.91. The van der Waals surface area contributed by atoms with Gasteiger partial charge in [0.2, 0.25) is 5.91 Å². The molecule has 1 aromatic carbocycles. The molecule has 0 saturated heterocycles. The minimum absolute atomic E-state index is 0.0583. The molecule has 3 N–H and O–H groups in total. The van der Waals surface area contributed by atoms with Crippen LogP contribution in [0.1, 0.15) is 237 Å². The van der Waals surface area contributed by atoms with Gasteiger partial charge >= 0.3 is 0 Å². The van der Waals surface area contributed by atoms with Crippen molar-refractivity contribution in [2.24, 2.45) is 0 Å². The number of amides is 1. The molecule has 0 aliphatic rings. The van der Waals surface area contributed by atoms with Crippen molar-refractivity contribution in [1.82, 2.24) is 20.6 Å². The molecule has 1 aromatic heterocycles. The molecule has 2 aromatic rings. The summed E-state index contributed by atoms with van der Waals surface area (Å²) in [5.41, 5.74) is 1.91. The van der Waals surface area contributed by atoms with Gasteiger partial charge < -0.3 is 15.6 Å². The first-order chi connectivity index (χ1) is 26.2. The van der Waals surface area contributed by atoms with E-state index in [1.54, 1.807) is 0 Å². The van der Waals surface area contributed by atoms with Crippen molar-refractivity contribution in [3.05, 3.63) is 30.1 Å². The third-order valence-electron chi connectivity index (χ3n) is 11.1. The number of H-pyrrole nitrogens is 1. The lowest BCUT2D eigenvalue weighted by molar-refractivity contribution is -0.121. The zero-order valence-electron chi connectivity index (χ0n) is 34.9. The molecule has 1 atom stereocenters. The van der Waals surface area contributed by atoms with E-state index >= 15 is 0 Å². The molecular formula is C47H84N4OS. The topological polar surface area (TPSA) is 69.8 Å². The SMILES string of the molecule is CCCCCCCCCCCCCCCCCCNC(=O)CC(C(=S)NCCCCCCCCCCCCCCCCCC)c1nc2ccccc2[nH]1. The van der Waals surface area contributed by atoms with Crippen LogP contribution in [0.25, 0.3) is 11.0 Å². The van der Waals surface area contributed by atoms with Gasteiger partial charge in [-0.05, 0) is 25.0 Å². The number of aromatic amines is 1. The van der Waals surface area contributed by atoms with Crippen LogP contribution in [0.2, 0.25) is 0 Å². The zero-order chi connectivity index (χ0) is 37.9. The molecule has 0 spiro atoms. The zero-order valence-corrected chi connectivity index (χ0v) is 35.7. The van der Waals surface area contributed by atoms with Crippen LogP contribution in [0.15, 0.2) is 24.3 Å². The molecule has 53 heavy (non-hydrogen) atoms. The van der Waals surface area contributed by atoms with Gasteiger partial charge in [0, 0.05) is 19.5 Å². The lowest BCUT2D eigenvalue weighted by Gasteiger charge is -2.17. The second-order valence-corrected chi connectivity index (χ2v) is 16.6. The molecule has 0 aliphatic carbocycles. The van der Waals surface area contributed by atoms with Crippen LogP contribution in [0, 0.1) is 0 Å². The fraction of sp³-hybridized carbons (Fsp3) is 0.809. The minimum atomic E-state index is -0.246. The van der Waals surface area contributed by atoms with E-state index in [9.17, 15) is 4.79 Å². The van der Waals surface area contributed by atoms with Crippen LogP contribution < -0.4 is 10.6 Å². The number of rotatable bonds is 38. The van der Waals surface area contributed by atoms with Crippen molar-refractivity contribution in [2.45, 2.75) is 232 Å². The Hall–Kier alpha value is -1.95. The highest BCUT2D eigenvalue weighted by Gasteiger charge is 2.24. The summed E-state index contributed by atoms with van der Waals surface area (Å²) in [6.07, 6.45) is 43.9. The van der Waals surface area contributed by atoms with Crippen LogP contribution in [0.3, 0.4) is 0 Å². The standard InChI is InChI=1S/C47H84N4OS/c1-3-5-7-9-11-13-15-17-19-21-23-25-27-29-31-35-39-48-45(52)41-42(46-50-43-37-33-34-38-44(43)51-46)47(53)49-40-36-32-30-28-26-24-22-20-18-16-14-12-10-8-6-4-2/h33-34,37-38,42H,3-32,35-36,39-41H2,1-2H3,(H,48,52)(H,49,53)(H,50,51). The van der Waals surface area contributed by atoms with Crippen molar-refractivity contribution in [2.75, 3.05) is 13.1 Å². The average molecular weight is 753 g/mol. The Morgan fingerprint density at radius 3 is 1.30 bits per heavy atom. The molecule has 0 bridgehead atoms. The number of hydrogen-bond donors (Lipinski definition) is 3. The van der Waals surface area contributed by atoms with Crippen LogP contribution in [-0.4, -0.2) is 34.0 Å². The fourth-order valence-electron chi connectivity index (χ4n) is 7.62. The number of fused-ring (bicyclic) bond motifs is 1. The minimum Gasteiger partial charge on any atom is -0.379 e. The van der Waals surface area contributed by atoms with Gasteiger partial charge in [-0.2, -0.15) is 0 Å². The molecule has 1 amide bonds. The van der Waals surface area contributed by atoms with Gasteiger partial charge in [-0.3, -0.25) is 4.79 Å². The monoisotopic (exact) mass is 753 g/mol. The van der Waals surface area contributed by atoms with E-state index in [1.165, 1.54) is 193 Å². The Kier molecular flexibility index (Phi) is 30.8. The van der Waals surface area contributed by atoms with Gasteiger partial charge in [0.25, 0.3) is 0 Å². The molecule has 1 unspecified atom stereocenters. The number of nitrogens with one attached hydrogen (secondary N) is 3. The third-order valence-corrected chi connectivity index (χ3v) is 11.6. The molecule has 1 heterocycles. The number of nitrogens with zero attached hydrogens (tertiary/aromatic N) is 1. The predicted molar refractivity (Wildman–Crippen MR) is 236 cm³/mol. The largest absolute Gasteiger partial charge is 0.379 e. The Morgan fingerprint density at radius 1 is 0.547 bits per heavy atom. The lowest BCUT2D eigenvalue weighted by Crippen LogP contribution is -2.34. The maximum absolute atomic E-state index is 13.1. The summed E-state index contributed by atoms with van der Waals surface area (Å²) in [5.74, 6) is 0.598. The number of thiocarbonyl (C=S) groups is 1. The van der Waals surface area contributed by atoms with Crippen molar-refractivity contribution in [3.63, 3.8) is 0 Å². The van der Waals surface area contributed by atoms with Gasteiger partial charge in [0.1, 0.15) is 5.82 Å². The first-order valence-electron chi connectivity index (χ1n) is 23.1. The molecule has 5 nitrogen and oxygen atoms in total. The van der Waals surface area contributed by atoms with Gasteiger partial charge in [-0.1, -0.05) is 231 Å². The van der Waals surface area contributed by atoms with Crippen LogP contribution >= 0.6 is 12.2 Å². The van der Waals surface area contributed by atoms with E-state index in [0.717, 1.165) is 47.8 Å². The number of unbranched alkanes of at least 4 members (excludes halogenated alkanes) is 30. The number of para-hydroxylation sites is 2. The molecule has 0 radical (unpaired) electrons. The smallest absolute Gasteiger partial charge is 0.221 e. The normalized spacial score (nSPS) is 12.0. The Labute approximate surface area is 333 Å². The maximum atomic E-state index is 13.1. The molecule has 6 heteroatoms. The Bertz CT molecular complexity index is 1100. The summed E-state index contributed by atoms with van der Waals surface area (Å²) in [4.78, 5) is 22.1. The summed E-state index contributed by atoms with van der Waals surface area (Å²) >= 11 is 5.90. The van der Waals surface area contributed by atoms with Crippen LogP contribution in [-0.2, 0) is 4.79 Å². The maximum Gasteiger partial charge on any atom is 0.221 e. The van der Waals surface area contributed by atoms with Crippen LogP contribution in [0.4, 0.5) is 0 Å². The van der Waals surface area contributed by atoms with Crippen LogP contribution in [0.5, 0.6) is 0 Å². The highest BCUT2D eigenvalue weighted by atomic mass is 32.1.